The standard InChI is InChI=1S/C24H28ClN3O2S2.ClH/c25-20-9-4-10-21-23(20)26-24(32-21)28(13-6-12-27-14-16-30-17-15-27)22(29)11-5-18-31-19-7-2-1-3-8-19;/h1-4,7-10H,5-6,11-18H2;1H. The Hall–Kier alpha value is -1.35. The van der Waals surface area contributed by atoms with Crippen LogP contribution < -0.4 is 4.90 Å². The minimum absolute atomic E-state index is 0. The SMILES string of the molecule is Cl.O=C(CCCSc1ccccc1)N(CCCN1CCOCC1)c1nc2c(Cl)cccc2s1. The fourth-order valence-electron chi connectivity index (χ4n) is 3.69. The number of amides is 1. The van der Waals surface area contributed by atoms with Gasteiger partial charge in [0.15, 0.2) is 5.13 Å². The number of ether oxygens (including phenoxy) is 1. The second-order valence-corrected chi connectivity index (χ2v) is 10.3. The Bertz CT molecular complexity index is 1010. The van der Waals surface area contributed by atoms with E-state index in [4.69, 9.17) is 21.3 Å². The molecule has 1 aromatic heterocycles. The Morgan fingerprint density at radius 2 is 1.91 bits per heavy atom. The number of morpholine rings is 1. The predicted octanol–water partition coefficient (Wildman–Crippen LogP) is 6.00. The van der Waals surface area contributed by atoms with Gasteiger partial charge < -0.3 is 4.74 Å². The molecule has 2 aromatic carbocycles. The number of rotatable bonds is 10. The Labute approximate surface area is 214 Å². The van der Waals surface area contributed by atoms with E-state index in [9.17, 15) is 4.79 Å². The molecule has 1 fully saturated rings. The van der Waals surface area contributed by atoms with Crippen LogP contribution in [0, 0.1) is 0 Å². The molecule has 0 radical (unpaired) electrons. The zero-order valence-corrected chi connectivity index (χ0v) is 21.7. The molecule has 3 aromatic rings. The number of hydrogen-bond donors (Lipinski definition) is 0. The topological polar surface area (TPSA) is 45.7 Å². The van der Waals surface area contributed by atoms with E-state index in [1.807, 2.05) is 41.3 Å². The number of carbonyl (C=O) groups excluding carboxylic acids is 1. The molecule has 1 saturated heterocycles. The van der Waals surface area contributed by atoms with Crippen molar-refractivity contribution in [3.8, 4) is 0 Å². The van der Waals surface area contributed by atoms with Gasteiger partial charge in [0, 0.05) is 37.5 Å². The molecule has 0 spiro atoms. The summed E-state index contributed by atoms with van der Waals surface area (Å²) in [6.45, 7) is 5.13. The summed E-state index contributed by atoms with van der Waals surface area (Å²) in [5, 5.41) is 1.38. The zero-order valence-electron chi connectivity index (χ0n) is 18.5. The van der Waals surface area contributed by atoms with Crippen molar-refractivity contribution in [1.82, 2.24) is 9.88 Å². The summed E-state index contributed by atoms with van der Waals surface area (Å²) in [5.41, 5.74) is 0.778. The first kappa shape index (κ1) is 26.3. The van der Waals surface area contributed by atoms with Crippen LogP contribution in [0.15, 0.2) is 53.4 Å². The monoisotopic (exact) mass is 525 g/mol. The lowest BCUT2D eigenvalue weighted by atomic mass is 10.2. The Kier molecular flexibility index (Phi) is 10.8. The normalized spacial score (nSPS) is 14.2. The van der Waals surface area contributed by atoms with Gasteiger partial charge in [0.2, 0.25) is 5.91 Å². The molecule has 1 aliphatic heterocycles. The van der Waals surface area contributed by atoms with Crippen molar-refractivity contribution in [3.05, 3.63) is 53.6 Å². The number of thiazole rings is 1. The molecule has 9 heteroatoms. The highest BCUT2D eigenvalue weighted by molar-refractivity contribution is 7.99. The number of para-hydroxylation sites is 1. The highest BCUT2D eigenvalue weighted by atomic mass is 35.5. The highest BCUT2D eigenvalue weighted by Crippen LogP contribution is 2.33. The van der Waals surface area contributed by atoms with Gasteiger partial charge in [-0.2, -0.15) is 0 Å². The van der Waals surface area contributed by atoms with Crippen LogP contribution >= 0.6 is 47.1 Å². The molecular formula is C24H29Cl2N3O2S2. The minimum atomic E-state index is 0. The number of halogens is 2. The number of carbonyl (C=O) groups is 1. The van der Waals surface area contributed by atoms with Crippen LogP contribution in [0.4, 0.5) is 5.13 Å². The third kappa shape index (κ3) is 7.57. The maximum atomic E-state index is 13.2. The maximum Gasteiger partial charge on any atom is 0.228 e. The first-order chi connectivity index (χ1) is 15.7. The van der Waals surface area contributed by atoms with Gasteiger partial charge in [-0.05, 0) is 42.9 Å². The van der Waals surface area contributed by atoms with E-state index in [0.29, 0.717) is 18.0 Å². The van der Waals surface area contributed by atoms with Crippen LogP contribution in [0.5, 0.6) is 0 Å². The zero-order chi connectivity index (χ0) is 22.2. The molecule has 178 valence electrons. The molecule has 0 saturated carbocycles. The number of fused-ring (bicyclic) bond motifs is 1. The average Bonchev–Trinajstić information content (AvgIpc) is 3.26. The quantitative estimate of drug-likeness (QED) is 0.240. The number of benzene rings is 2. The molecule has 0 N–H and O–H groups in total. The number of nitrogens with zero attached hydrogens (tertiary/aromatic N) is 3. The smallest absolute Gasteiger partial charge is 0.228 e. The van der Waals surface area contributed by atoms with Gasteiger partial charge in [-0.15, -0.1) is 24.2 Å². The molecule has 0 bridgehead atoms. The van der Waals surface area contributed by atoms with Crippen LogP contribution in [0.3, 0.4) is 0 Å². The molecule has 2 heterocycles. The largest absolute Gasteiger partial charge is 0.379 e. The maximum absolute atomic E-state index is 13.2. The van der Waals surface area contributed by atoms with Gasteiger partial charge in [0.05, 0.1) is 22.9 Å². The van der Waals surface area contributed by atoms with Gasteiger partial charge in [-0.1, -0.05) is 47.2 Å². The van der Waals surface area contributed by atoms with Crippen molar-refractivity contribution in [1.29, 1.82) is 0 Å². The number of hydrogen-bond acceptors (Lipinski definition) is 6. The number of anilines is 1. The average molecular weight is 527 g/mol. The molecule has 1 aliphatic rings. The molecule has 0 aliphatic carbocycles. The van der Waals surface area contributed by atoms with Gasteiger partial charge >= 0.3 is 0 Å². The Balaban J connectivity index is 0.00000306. The van der Waals surface area contributed by atoms with Crippen molar-refractivity contribution in [2.45, 2.75) is 24.2 Å². The third-order valence-electron chi connectivity index (χ3n) is 5.40. The highest BCUT2D eigenvalue weighted by Gasteiger charge is 2.21. The fraction of sp³-hybridized carbons (Fsp3) is 0.417. The number of aromatic nitrogens is 1. The van der Waals surface area contributed by atoms with E-state index in [1.54, 1.807) is 23.1 Å². The lowest BCUT2D eigenvalue weighted by Gasteiger charge is -2.27. The van der Waals surface area contributed by atoms with Gasteiger partial charge in [0.1, 0.15) is 5.52 Å². The molecule has 4 rings (SSSR count). The second-order valence-electron chi connectivity index (χ2n) is 7.70. The predicted molar refractivity (Wildman–Crippen MR) is 143 cm³/mol. The van der Waals surface area contributed by atoms with Crippen molar-refractivity contribution in [3.63, 3.8) is 0 Å². The summed E-state index contributed by atoms with van der Waals surface area (Å²) in [4.78, 5) is 23.5. The van der Waals surface area contributed by atoms with E-state index < -0.39 is 0 Å². The van der Waals surface area contributed by atoms with E-state index >= 15 is 0 Å². The first-order valence-corrected chi connectivity index (χ1v) is 13.2. The number of thioether (sulfide) groups is 1. The lowest BCUT2D eigenvalue weighted by Crippen LogP contribution is -2.39. The van der Waals surface area contributed by atoms with Crippen LogP contribution in [0.2, 0.25) is 5.02 Å². The summed E-state index contributed by atoms with van der Waals surface area (Å²) in [5.74, 6) is 1.05. The molecule has 0 atom stereocenters. The molecule has 33 heavy (non-hydrogen) atoms. The van der Waals surface area contributed by atoms with E-state index in [2.05, 4.69) is 17.0 Å². The summed E-state index contributed by atoms with van der Waals surface area (Å²) in [6, 6.07) is 16.1. The lowest BCUT2D eigenvalue weighted by molar-refractivity contribution is -0.118. The van der Waals surface area contributed by atoms with Gasteiger partial charge in [0.25, 0.3) is 0 Å². The van der Waals surface area contributed by atoms with E-state index in [0.717, 1.165) is 66.8 Å². The third-order valence-corrected chi connectivity index (χ3v) is 7.84. The van der Waals surface area contributed by atoms with Crippen LogP contribution in [0.25, 0.3) is 10.2 Å². The molecule has 5 nitrogen and oxygen atoms in total. The Morgan fingerprint density at radius 3 is 2.67 bits per heavy atom. The van der Waals surface area contributed by atoms with Crippen molar-refractivity contribution < 1.29 is 9.53 Å². The molecule has 1 amide bonds. The van der Waals surface area contributed by atoms with Crippen LogP contribution in [0.1, 0.15) is 19.3 Å². The summed E-state index contributed by atoms with van der Waals surface area (Å²) >= 11 is 9.67. The Morgan fingerprint density at radius 1 is 1.12 bits per heavy atom. The van der Waals surface area contributed by atoms with Crippen molar-refractivity contribution in [2.75, 3.05) is 50.0 Å². The molecular weight excluding hydrogens is 497 g/mol. The summed E-state index contributed by atoms with van der Waals surface area (Å²) < 4.78 is 6.45. The summed E-state index contributed by atoms with van der Waals surface area (Å²) in [7, 11) is 0. The minimum Gasteiger partial charge on any atom is -0.379 e. The van der Waals surface area contributed by atoms with E-state index in [-0.39, 0.29) is 18.3 Å². The van der Waals surface area contributed by atoms with E-state index in [1.165, 1.54) is 4.90 Å². The van der Waals surface area contributed by atoms with Crippen molar-refractivity contribution in [2.24, 2.45) is 0 Å². The first-order valence-electron chi connectivity index (χ1n) is 11.0. The van der Waals surface area contributed by atoms with Crippen LogP contribution in [-0.4, -0.2) is 60.9 Å². The molecule has 0 unspecified atom stereocenters. The van der Waals surface area contributed by atoms with Crippen LogP contribution in [-0.2, 0) is 9.53 Å². The van der Waals surface area contributed by atoms with Gasteiger partial charge in [-0.25, -0.2) is 4.98 Å². The fourth-order valence-corrected chi connectivity index (χ4v) is 5.87. The van der Waals surface area contributed by atoms with Crippen molar-refractivity contribution >= 4 is 68.4 Å². The van der Waals surface area contributed by atoms with Gasteiger partial charge in [-0.3, -0.25) is 14.6 Å². The second kappa shape index (κ2) is 13.5. The summed E-state index contributed by atoms with van der Waals surface area (Å²) in [6.07, 6.45) is 2.26.